The van der Waals surface area contributed by atoms with Crippen LogP contribution in [0.2, 0.25) is 0 Å². The van der Waals surface area contributed by atoms with E-state index in [1.165, 1.54) is 31.2 Å². The Bertz CT molecular complexity index is 1170. The highest BCUT2D eigenvalue weighted by Crippen LogP contribution is 2.30. The molecular weight excluding hydrogens is 450 g/mol. The fraction of sp³-hybridized carbons (Fsp3) is 0.409. The van der Waals surface area contributed by atoms with Crippen molar-refractivity contribution in [1.82, 2.24) is 4.90 Å². The smallest absolute Gasteiger partial charge is 0.221 e. The number of carbonyl (C=O) groups is 1. The number of rotatable bonds is 5. The summed E-state index contributed by atoms with van der Waals surface area (Å²) >= 11 is 0. The minimum Gasteiger partial charge on any atom is -0.369 e. The molecule has 0 radical (unpaired) electrons. The summed E-state index contributed by atoms with van der Waals surface area (Å²) in [5.74, 6) is -0.768. The predicted octanol–water partition coefficient (Wildman–Crippen LogP) is 1.41. The van der Waals surface area contributed by atoms with Crippen molar-refractivity contribution in [1.29, 1.82) is 0 Å². The first-order valence-corrected chi connectivity index (χ1v) is 13.9. The molecule has 0 aromatic heterocycles. The lowest BCUT2D eigenvalue weighted by Crippen LogP contribution is -2.55. The third kappa shape index (κ3) is 4.82. The van der Waals surface area contributed by atoms with Crippen molar-refractivity contribution in [3.8, 4) is 0 Å². The Hall–Kier alpha value is -2.43. The Kier molecular flexibility index (Phi) is 6.28. The normalized spacial score (nSPS) is 23.7. The summed E-state index contributed by atoms with van der Waals surface area (Å²) in [6, 6.07) is 15.3. The third-order valence-electron chi connectivity index (χ3n) is 6.08. The third-order valence-corrected chi connectivity index (χ3v) is 10.2. The molecule has 2 atom stereocenters. The number of benzene rings is 2. The number of anilines is 2. The molecule has 2 heterocycles. The molecule has 8 nitrogen and oxygen atoms in total. The highest BCUT2D eigenvalue weighted by molar-refractivity contribution is 7.96. The molecule has 0 aliphatic carbocycles. The van der Waals surface area contributed by atoms with Gasteiger partial charge >= 0.3 is 0 Å². The van der Waals surface area contributed by atoms with Gasteiger partial charge in [-0.1, -0.05) is 18.2 Å². The number of hydrogen-bond acceptors (Lipinski definition) is 7. The summed E-state index contributed by atoms with van der Waals surface area (Å²) in [6.07, 6.45) is 0. The molecule has 4 rings (SSSR count). The number of hydrogen-bond donors (Lipinski definition) is 1. The predicted molar refractivity (Wildman–Crippen MR) is 124 cm³/mol. The number of para-hydroxylation sites is 1. The second-order valence-electron chi connectivity index (χ2n) is 8.29. The monoisotopic (exact) mass is 477 g/mol. The van der Waals surface area contributed by atoms with Gasteiger partial charge in [0.2, 0.25) is 5.91 Å². The summed E-state index contributed by atoms with van der Waals surface area (Å²) in [7, 11) is -7.33. The van der Waals surface area contributed by atoms with Crippen molar-refractivity contribution < 1.29 is 21.6 Å². The maximum Gasteiger partial charge on any atom is 0.221 e. The molecular formula is C22H27N3O5S2. The van der Waals surface area contributed by atoms with Gasteiger partial charge < -0.3 is 10.2 Å². The minimum absolute atomic E-state index is 0.0709. The molecule has 0 spiro atoms. The number of sulfone groups is 2. The maximum absolute atomic E-state index is 13.4. The van der Waals surface area contributed by atoms with Crippen LogP contribution in [-0.2, 0) is 24.5 Å². The zero-order valence-electron chi connectivity index (χ0n) is 17.8. The second kappa shape index (κ2) is 8.84. The number of carbonyl (C=O) groups excluding carboxylic acids is 1. The highest BCUT2D eigenvalue weighted by Gasteiger charge is 2.48. The van der Waals surface area contributed by atoms with Gasteiger partial charge in [0.25, 0.3) is 0 Å². The molecule has 2 saturated heterocycles. The molecule has 1 N–H and O–H groups in total. The van der Waals surface area contributed by atoms with Crippen LogP contribution in [-0.4, -0.2) is 76.6 Å². The van der Waals surface area contributed by atoms with Crippen LogP contribution in [0.15, 0.2) is 59.5 Å². The quantitative estimate of drug-likeness (QED) is 0.694. The van der Waals surface area contributed by atoms with Gasteiger partial charge in [0.1, 0.15) is 0 Å². The van der Waals surface area contributed by atoms with Gasteiger partial charge in [-0.15, -0.1) is 0 Å². The molecule has 172 valence electrons. The average molecular weight is 478 g/mol. The van der Waals surface area contributed by atoms with Gasteiger partial charge in [-0.05, 0) is 36.4 Å². The molecule has 0 unspecified atom stereocenters. The standard InChI is InChI=1S/C22H27N3O5S2/c1-17(26)23-18-7-9-20(10-8-18)32(29,30)22-16-31(27,28)15-21(22)25-13-11-24(12-14-25)19-5-3-2-4-6-19/h2-10,21-22H,11-16H2,1H3,(H,23,26)/t21-,22-/m1/s1. The zero-order chi connectivity index (χ0) is 22.9. The molecule has 2 aromatic carbocycles. The number of nitrogens with one attached hydrogen (secondary N) is 1. The molecule has 1 amide bonds. The van der Waals surface area contributed by atoms with Crippen molar-refractivity contribution in [2.45, 2.75) is 23.1 Å². The van der Waals surface area contributed by atoms with Crippen LogP contribution >= 0.6 is 0 Å². The summed E-state index contributed by atoms with van der Waals surface area (Å²) < 4.78 is 51.8. The van der Waals surface area contributed by atoms with Crippen molar-refractivity contribution >= 4 is 37.0 Å². The first-order chi connectivity index (χ1) is 15.2. The first kappa shape index (κ1) is 22.8. The van der Waals surface area contributed by atoms with E-state index in [9.17, 15) is 21.6 Å². The van der Waals surface area contributed by atoms with E-state index in [0.29, 0.717) is 31.9 Å². The highest BCUT2D eigenvalue weighted by atomic mass is 32.2. The van der Waals surface area contributed by atoms with Crippen molar-refractivity contribution in [3.05, 3.63) is 54.6 Å². The molecule has 32 heavy (non-hydrogen) atoms. The van der Waals surface area contributed by atoms with E-state index >= 15 is 0 Å². The van der Waals surface area contributed by atoms with E-state index in [1.807, 2.05) is 35.2 Å². The molecule has 0 bridgehead atoms. The summed E-state index contributed by atoms with van der Waals surface area (Å²) in [5, 5.41) is 1.59. The van der Waals surface area contributed by atoms with Crippen LogP contribution < -0.4 is 10.2 Å². The van der Waals surface area contributed by atoms with Gasteiger partial charge in [0.15, 0.2) is 19.7 Å². The number of nitrogens with zero attached hydrogens (tertiary/aromatic N) is 2. The molecule has 2 aliphatic heterocycles. The summed E-state index contributed by atoms with van der Waals surface area (Å²) in [5.41, 5.74) is 1.60. The fourth-order valence-electron chi connectivity index (χ4n) is 4.49. The van der Waals surface area contributed by atoms with Crippen LogP contribution in [0.3, 0.4) is 0 Å². The van der Waals surface area contributed by atoms with Crippen LogP contribution in [0.5, 0.6) is 0 Å². The number of amides is 1. The van der Waals surface area contributed by atoms with Crippen LogP contribution in [0.25, 0.3) is 0 Å². The Morgan fingerprint density at radius 1 is 0.938 bits per heavy atom. The second-order valence-corrected chi connectivity index (χ2v) is 12.6. The Morgan fingerprint density at radius 2 is 1.56 bits per heavy atom. The van der Waals surface area contributed by atoms with Crippen molar-refractivity contribution in [2.75, 3.05) is 47.9 Å². The largest absolute Gasteiger partial charge is 0.369 e. The lowest BCUT2D eigenvalue weighted by atomic mass is 10.1. The van der Waals surface area contributed by atoms with Crippen molar-refractivity contribution in [2.24, 2.45) is 0 Å². The van der Waals surface area contributed by atoms with Crippen LogP contribution in [0, 0.1) is 0 Å². The Labute approximate surface area is 189 Å². The SMILES string of the molecule is CC(=O)Nc1ccc(S(=O)(=O)[C@@H]2CS(=O)(=O)C[C@H]2N2CCN(c3ccccc3)CC2)cc1. The van der Waals surface area contributed by atoms with Gasteiger partial charge in [-0.2, -0.15) is 0 Å². The summed E-state index contributed by atoms with van der Waals surface area (Å²) in [6.45, 7) is 3.98. The number of piperazine rings is 1. The van der Waals surface area contributed by atoms with Gasteiger partial charge in [0, 0.05) is 50.5 Å². The molecule has 2 fully saturated rings. The summed E-state index contributed by atoms with van der Waals surface area (Å²) in [4.78, 5) is 15.5. The van der Waals surface area contributed by atoms with Crippen LogP contribution in [0.4, 0.5) is 11.4 Å². The fourth-order valence-corrected chi connectivity index (χ4v) is 9.32. The van der Waals surface area contributed by atoms with E-state index in [-0.39, 0.29) is 22.3 Å². The zero-order valence-corrected chi connectivity index (χ0v) is 19.5. The first-order valence-electron chi connectivity index (χ1n) is 10.5. The van der Waals surface area contributed by atoms with E-state index in [0.717, 1.165) is 5.69 Å². The Morgan fingerprint density at radius 3 is 2.16 bits per heavy atom. The minimum atomic E-state index is -3.87. The molecule has 10 heteroatoms. The van der Waals surface area contributed by atoms with E-state index < -0.39 is 31.0 Å². The molecule has 0 saturated carbocycles. The Balaban J connectivity index is 1.53. The van der Waals surface area contributed by atoms with E-state index in [1.54, 1.807) is 0 Å². The molecule has 2 aliphatic rings. The lowest BCUT2D eigenvalue weighted by Gasteiger charge is -2.40. The van der Waals surface area contributed by atoms with Crippen molar-refractivity contribution in [3.63, 3.8) is 0 Å². The van der Waals surface area contributed by atoms with Gasteiger partial charge in [0.05, 0.1) is 21.7 Å². The van der Waals surface area contributed by atoms with Gasteiger partial charge in [-0.3, -0.25) is 9.69 Å². The van der Waals surface area contributed by atoms with Gasteiger partial charge in [-0.25, -0.2) is 16.8 Å². The van der Waals surface area contributed by atoms with Crippen LogP contribution in [0.1, 0.15) is 6.92 Å². The average Bonchev–Trinajstić information content (AvgIpc) is 3.11. The lowest BCUT2D eigenvalue weighted by molar-refractivity contribution is -0.114. The molecule has 2 aromatic rings. The topological polar surface area (TPSA) is 104 Å². The maximum atomic E-state index is 13.4. The van der Waals surface area contributed by atoms with E-state index in [2.05, 4.69) is 10.2 Å². The van der Waals surface area contributed by atoms with E-state index in [4.69, 9.17) is 0 Å².